The van der Waals surface area contributed by atoms with E-state index in [0.29, 0.717) is 38.4 Å². The van der Waals surface area contributed by atoms with Gasteiger partial charge < -0.3 is 19.3 Å². The Bertz CT molecular complexity index is 1160. The predicted octanol–water partition coefficient (Wildman–Crippen LogP) is 4.98. The molecule has 3 aromatic carbocycles. The fraction of sp³-hybridized carbons (Fsp3) is 0.286. The molecule has 0 radical (unpaired) electrons. The van der Waals surface area contributed by atoms with Crippen LogP contribution in [-0.4, -0.2) is 36.5 Å². The molecule has 0 spiro atoms. The summed E-state index contributed by atoms with van der Waals surface area (Å²) in [4.78, 5) is 29.1. The fourth-order valence-corrected chi connectivity index (χ4v) is 4.05. The van der Waals surface area contributed by atoms with Crippen molar-refractivity contribution in [3.63, 3.8) is 0 Å². The molecule has 6 nitrogen and oxygen atoms in total. The summed E-state index contributed by atoms with van der Waals surface area (Å²) in [6.07, 6.45) is 0. The van der Waals surface area contributed by atoms with E-state index in [-0.39, 0.29) is 11.8 Å². The molecule has 1 aliphatic rings. The van der Waals surface area contributed by atoms with Gasteiger partial charge in [0.2, 0.25) is 5.91 Å². The van der Waals surface area contributed by atoms with Crippen molar-refractivity contribution in [3.8, 4) is 11.5 Å². The Morgan fingerprint density at radius 2 is 1.76 bits per heavy atom. The second-order valence-corrected chi connectivity index (χ2v) is 8.42. The third-order valence-corrected chi connectivity index (χ3v) is 5.87. The van der Waals surface area contributed by atoms with Crippen molar-refractivity contribution in [1.29, 1.82) is 0 Å². The van der Waals surface area contributed by atoms with E-state index in [1.807, 2.05) is 68.4 Å². The first-order valence-electron chi connectivity index (χ1n) is 11.6. The third kappa shape index (κ3) is 5.39. The topological polar surface area (TPSA) is 59.1 Å². The highest BCUT2D eigenvalue weighted by Gasteiger charge is 2.22. The van der Waals surface area contributed by atoms with Crippen LogP contribution in [0.4, 0.5) is 5.69 Å². The second-order valence-electron chi connectivity index (χ2n) is 8.42. The lowest BCUT2D eigenvalue weighted by Crippen LogP contribution is -2.32. The van der Waals surface area contributed by atoms with E-state index < -0.39 is 0 Å². The van der Waals surface area contributed by atoms with Gasteiger partial charge in [0, 0.05) is 30.3 Å². The normalized spacial score (nSPS) is 12.9. The zero-order valence-electron chi connectivity index (χ0n) is 19.9. The number of hydrogen-bond acceptors (Lipinski definition) is 4. The molecule has 6 heteroatoms. The van der Waals surface area contributed by atoms with Gasteiger partial charge in [0.15, 0.2) is 0 Å². The first-order valence-corrected chi connectivity index (χ1v) is 11.6. The van der Waals surface area contributed by atoms with Crippen LogP contribution in [-0.2, 0) is 17.9 Å². The maximum Gasteiger partial charge on any atom is 0.254 e. The van der Waals surface area contributed by atoms with Crippen molar-refractivity contribution in [3.05, 3.63) is 89.0 Å². The zero-order valence-corrected chi connectivity index (χ0v) is 19.9. The summed E-state index contributed by atoms with van der Waals surface area (Å²) in [6.45, 7) is 7.92. The van der Waals surface area contributed by atoms with Crippen LogP contribution in [0.2, 0.25) is 0 Å². The lowest BCUT2D eigenvalue weighted by atomic mass is 10.1. The molecule has 0 saturated carbocycles. The Morgan fingerprint density at radius 3 is 2.44 bits per heavy atom. The molecular weight excluding hydrogens is 428 g/mol. The van der Waals surface area contributed by atoms with Crippen LogP contribution in [0.1, 0.15) is 40.9 Å². The van der Waals surface area contributed by atoms with Gasteiger partial charge in [-0.1, -0.05) is 23.8 Å². The van der Waals surface area contributed by atoms with Gasteiger partial charge in [-0.25, -0.2) is 0 Å². The van der Waals surface area contributed by atoms with E-state index in [9.17, 15) is 9.59 Å². The molecule has 3 aromatic rings. The highest BCUT2D eigenvalue weighted by molar-refractivity contribution is 5.94. The summed E-state index contributed by atoms with van der Waals surface area (Å²) in [6, 6.07) is 21.1. The molecule has 0 N–H and O–H groups in total. The van der Waals surface area contributed by atoms with E-state index in [4.69, 9.17) is 9.47 Å². The Kier molecular flexibility index (Phi) is 7.16. The van der Waals surface area contributed by atoms with Gasteiger partial charge in [-0.2, -0.15) is 0 Å². The molecule has 0 saturated heterocycles. The van der Waals surface area contributed by atoms with Crippen LogP contribution < -0.4 is 14.4 Å². The molecule has 1 heterocycles. The Balaban J connectivity index is 1.53. The second kappa shape index (κ2) is 10.4. The molecule has 0 atom stereocenters. The molecule has 0 aromatic heterocycles. The Morgan fingerprint density at radius 1 is 1.03 bits per heavy atom. The molecule has 0 bridgehead atoms. The molecule has 34 heavy (non-hydrogen) atoms. The number of amides is 2. The van der Waals surface area contributed by atoms with Crippen molar-refractivity contribution in [2.75, 3.05) is 24.7 Å². The summed E-state index contributed by atoms with van der Waals surface area (Å²) in [5.74, 6) is 1.45. The smallest absolute Gasteiger partial charge is 0.254 e. The highest BCUT2D eigenvalue weighted by Crippen LogP contribution is 2.27. The summed E-state index contributed by atoms with van der Waals surface area (Å²) >= 11 is 0. The molecule has 0 aliphatic carbocycles. The number of fused-ring (bicyclic) bond motifs is 1. The van der Waals surface area contributed by atoms with Crippen LogP contribution in [0, 0.1) is 6.92 Å². The van der Waals surface area contributed by atoms with Crippen molar-refractivity contribution in [2.45, 2.75) is 33.9 Å². The SMILES string of the molecule is CCOc1ccc(C(=O)N2CCOc3ccc(CN(C(C)=O)c4ccc(C)cc4)cc3C2)cc1. The number of anilines is 1. The van der Waals surface area contributed by atoms with Gasteiger partial charge >= 0.3 is 0 Å². The van der Waals surface area contributed by atoms with Crippen LogP contribution in [0.25, 0.3) is 0 Å². The molecule has 2 amide bonds. The van der Waals surface area contributed by atoms with Gasteiger partial charge in [-0.15, -0.1) is 0 Å². The number of carbonyl (C=O) groups excluding carboxylic acids is 2. The first kappa shape index (κ1) is 23.4. The monoisotopic (exact) mass is 458 g/mol. The average molecular weight is 459 g/mol. The van der Waals surface area contributed by atoms with Crippen molar-refractivity contribution >= 4 is 17.5 Å². The lowest BCUT2D eigenvalue weighted by molar-refractivity contribution is -0.116. The molecule has 0 unspecified atom stereocenters. The van der Waals surface area contributed by atoms with Crippen LogP contribution in [0.3, 0.4) is 0 Å². The minimum absolute atomic E-state index is 0.0256. The number of aryl methyl sites for hydroxylation is 1. The highest BCUT2D eigenvalue weighted by atomic mass is 16.5. The van der Waals surface area contributed by atoms with E-state index in [1.54, 1.807) is 28.9 Å². The van der Waals surface area contributed by atoms with E-state index in [0.717, 1.165) is 33.9 Å². The quantitative estimate of drug-likeness (QED) is 0.523. The number of benzene rings is 3. The number of nitrogens with zero attached hydrogens (tertiary/aromatic N) is 2. The molecule has 176 valence electrons. The summed E-state index contributed by atoms with van der Waals surface area (Å²) in [5, 5.41) is 0. The van der Waals surface area contributed by atoms with Gasteiger partial charge in [0.1, 0.15) is 18.1 Å². The van der Waals surface area contributed by atoms with Crippen molar-refractivity contribution in [1.82, 2.24) is 4.90 Å². The number of carbonyl (C=O) groups is 2. The molecular formula is C28H30N2O4. The predicted molar refractivity (Wildman–Crippen MR) is 132 cm³/mol. The average Bonchev–Trinajstić information content (AvgIpc) is 3.05. The van der Waals surface area contributed by atoms with Crippen LogP contribution >= 0.6 is 0 Å². The molecule has 0 fully saturated rings. The maximum absolute atomic E-state index is 13.2. The van der Waals surface area contributed by atoms with Crippen molar-refractivity contribution in [2.24, 2.45) is 0 Å². The van der Waals surface area contributed by atoms with Gasteiger partial charge in [-0.05, 0) is 67.9 Å². The first-order chi connectivity index (χ1) is 16.4. The van der Waals surface area contributed by atoms with E-state index in [2.05, 4.69) is 0 Å². The molecule has 4 rings (SSSR count). The maximum atomic E-state index is 13.2. The van der Waals surface area contributed by atoms with Gasteiger partial charge in [-0.3, -0.25) is 9.59 Å². The standard InChI is InChI=1S/C28H30N2O4/c1-4-33-26-12-8-23(9-13-26)28(32)29-15-16-34-27-14-7-22(17-24(27)19-29)18-30(21(3)31)25-10-5-20(2)6-11-25/h5-14,17H,4,15-16,18-19H2,1-3H3. The van der Waals surface area contributed by atoms with Crippen LogP contribution in [0.15, 0.2) is 66.7 Å². The largest absolute Gasteiger partial charge is 0.494 e. The lowest BCUT2D eigenvalue weighted by Gasteiger charge is -2.23. The third-order valence-electron chi connectivity index (χ3n) is 5.87. The van der Waals surface area contributed by atoms with Gasteiger partial charge in [0.05, 0.1) is 19.7 Å². The summed E-state index contributed by atoms with van der Waals surface area (Å²) < 4.78 is 11.4. The Hall–Kier alpha value is -3.80. The number of rotatable bonds is 6. The van der Waals surface area contributed by atoms with E-state index >= 15 is 0 Å². The van der Waals surface area contributed by atoms with E-state index in [1.165, 1.54) is 0 Å². The van der Waals surface area contributed by atoms with Crippen molar-refractivity contribution < 1.29 is 19.1 Å². The molecule has 1 aliphatic heterocycles. The summed E-state index contributed by atoms with van der Waals surface area (Å²) in [5.41, 5.74) is 4.53. The number of ether oxygens (including phenoxy) is 2. The minimum atomic E-state index is -0.0464. The zero-order chi connectivity index (χ0) is 24.1. The van der Waals surface area contributed by atoms with Gasteiger partial charge in [0.25, 0.3) is 5.91 Å². The Labute approximate surface area is 200 Å². The number of hydrogen-bond donors (Lipinski definition) is 0. The minimum Gasteiger partial charge on any atom is -0.494 e. The van der Waals surface area contributed by atoms with Crippen LogP contribution in [0.5, 0.6) is 11.5 Å². The fourth-order valence-electron chi connectivity index (χ4n) is 4.05. The summed E-state index contributed by atoms with van der Waals surface area (Å²) in [7, 11) is 0.